The van der Waals surface area contributed by atoms with E-state index in [0.717, 1.165) is 23.1 Å². The van der Waals surface area contributed by atoms with Crippen LogP contribution in [0.15, 0.2) is 66.9 Å². The zero-order chi connectivity index (χ0) is 19.0. The fraction of sp³-hybridized carbons (Fsp3) is 0.0476. The van der Waals surface area contributed by atoms with Crippen molar-refractivity contribution in [1.29, 1.82) is 0 Å². The summed E-state index contributed by atoms with van der Waals surface area (Å²) < 4.78 is 28.2. The van der Waals surface area contributed by atoms with Crippen molar-refractivity contribution in [3.05, 3.63) is 89.6 Å². The molecule has 1 heterocycles. The second-order valence-corrected chi connectivity index (χ2v) is 6.16. The fourth-order valence-corrected chi connectivity index (χ4v) is 3.14. The van der Waals surface area contributed by atoms with Crippen molar-refractivity contribution >= 4 is 16.9 Å². The van der Waals surface area contributed by atoms with Gasteiger partial charge in [-0.3, -0.25) is 4.68 Å². The minimum absolute atomic E-state index is 0.207. The molecule has 4 rings (SSSR count). The molecule has 3 aromatic carbocycles. The van der Waals surface area contributed by atoms with E-state index >= 15 is 0 Å². The highest BCUT2D eigenvalue weighted by molar-refractivity contribution is 6.02. The highest BCUT2D eigenvalue weighted by Gasteiger charge is 2.15. The van der Waals surface area contributed by atoms with E-state index in [4.69, 9.17) is 0 Å². The molecule has 6 heteroatoms. The van der Waals surface area contributed by atoms with Crippen molar-refractivity contribution in [2.45, 2.75) is 6.54 Å². The maximum Gasteiger partial charge on any atom is 0.336 e. The lowest BCUT2D eigenvalue weighted by Crippen LogP contribution is -2.01. The second-order valence-electron chi connectivity index (χ2n) is 6.16. The van der Waals surface area contributed by atoms with Crippen LogP contribution < -0.4 is 0 Å². The van der Waals surface area contributed by atoms with Crippen molar-refractivity contribution in [3.63, 3.8) is 0 Å². The molecule has 4 aromatic rings. The van der Waals surface area contributed by atoms with Gasteiger partial charge in [0.25, 0.3) is 0 Å². The minimum atomic E-state index is -1.00. The third kappa shape index (κ3) is 3.17. The van der Waals surface area contributed by atoms with E-state index in [1.54, 1.807) is 35.1 Å². The van der Waals surface area contributed by atoms with E-state index in [-0.39, 0.29) is 12.1 Å². The SMILES string of the molecule is O=C(O)c1ccccc1-c1cccc2nn(Cc3ccc(F)c(F)c3)cc12. The van der Waals surface area contributed by atoms with E-state index in [2.05, 4.69) is 5.10 Å². The largest absolute Gasteiger partial charge is 0.478 e. The van der Waals surface area contributed by atoms with Gasteiger partial charge in [-0.2, -0.15) is 5.10 Å². The number of carboxylic acids is 1. The molecule has 1 aromatic heterocycles. The molecule has 4 nitrogen and oxygen atoms in total. The highest BCUT2D eigenvalue weighted by Crippen LogP contribution is 2.31. The smallest absolute Gasteiger partial charge is 0.336 e. The maximum absolute atomic E-state index is 13.4. The summed E-state index contributed by atoms with van der Waals surface area (Å²) in [5, 5.41) is 14.7. The van der Waals surface area contributed by atoms with Gasteiger partial charge in [-0.25, -0.2) is 13.6 Å². The third-order valence-electron chi connectivity index (χ3n) is 4.37. The Morgan fingerprint density at radius 1 is 0.963 bits per heavy atom. The number of carboxylic acid groups (broad SMARTS) is 1. The van der Waals surface area contributed by atoms with Crippen LogP contribution in [0.5, 0.6) is 0 Å². The summed E-state index contributed by atoms with van der Waals surface area (Å²) in [5.74, 6) is -2.80. The van der Waals surface area contributed by atoms with Crippen molar-refractivity contribution in [1.82, 2.24) is 9.78 Å². The predicted octanol–water partition coefficient (Wildman–Crippen LogP) is 4.73. The highest BCUT2D eigenvalue weighted by atomic mass is 19.2. The van der Waals surface area contributed by atoms with E-state index in [9.17, 15) is 18.7 Å². The molecule has 0 saturated heterocycles. The van der Waals surface area contributed by atoms with Gasteiger partial charge in [0.15, 0.2) is 11.6 Å². The van der Waals surface area contributed by atoms with Gasteiger partial charge in [0, 0.05) is 11.6 Å². The topological polar surface area (TPSA) is 55.1 Å². The normalized spacial score (nSPS) is 11.0. The molecule has 0 unspecified atom stereocenters. The van der Waals surface area contributed by atoms with E-state index in [1.807, 2.05) is 18.2 Å². The van der Waals surface area contributed by atoms with Gasteiger partial charge in [-0.15, -0.1) is 0 Å². The van der Waals surface area contributed by atoms with Gasteiger partial charge in [-0.1, -0.05) is 36.4 Å². The number of fused-ring (bicyclic) bond motifs is 1. The first kappa shape index (κ1) is 16.9. The molecule has 0 atom stereocenters. The maximum atomic E-state index is 13.4. The summed E-state index contributed by atoms with van der Waals surface area (Å²) in [6.07, 6.45) is 1.78. The average Bonchev–Trinajstić information content (AvgIpc) is 3.07. The van der Waals surface area contributed by atoms with Gasteiger partial charge < -0.3 is 5.11 Å². The number of benzene rings is 3. The zero-order valence-corrected chi connectivity index (χ0v) is 14.1. The van der Waals surface area contributed by atoms with Crippen LogP contribution in [-0.4, -0.2) is 20.9 Å². The standard InChI is InChI=1S/C21H14F2N2O2/c22-18-9-8-13(10-19(18)23)11-25-12-17-15(6-3-7-20(17)24-25)14-4-1-2-5-16(14)21(26)27/h1-10,12H,11H2,(H,26,27). The quantitative estimate of drug-likeness (QED) is 0.570. The van der Waals surface area contributed by atoms with Crippen molar-refractivity contribution in [2.24, 2.45) is 0 Å². The van der Waals surface area contributed by atoms with E-state index in [0.29, 0.717) is 16.6 Å². The van der Waals surface area contributed by atoms with Crippen molar-refractivity contribution in [2.75, 3.05) is 0 Å². The molecule has 134 valence electrons. The first-order valence-corrected chi connectivity index (χ1v) is 8.26. The summed E-state index contributed by atoms with van der Waals surface area (Å²) in [6, 6.07) is 16.0. The Balaban J connectivity index is 1.79. The average molecular weight is 364 g/mol. The molecular formula is C21H14F2N2O2. The van der Waals surface area contributed by atoms with Gasteiger partial charge in [0.05, 0.1) is 17.6 Å². The molecule has 1 N–H and O–H groups in total. The lowest BCUT2D eigenvalue weighted by Gasteiger charge is -2.07. The van der Waals surface area contributed by atoms with Crippen LogP contribution in [0.3, 0.4) is 0 Å². The summed E-state index contributed by atoms with van der Waals surface area (Å²) in [4.78, 5) is 11.5. The molecule has 0 aliphatic carbocycles. The number of aromatic nitrogens is 2. The molecule has 0 radical (unpaired) electrons. The lowest BCUT2D eigenvalue weighted by molar-refractivity contribution is 0.0697. The first-order chi connectivity index (χ1) is 13.0. The Bertz CT molecular complexity index is 1170. The Kier molecular flexibility index (Phi) is 4.16. The number of halogens is 2. The van der Waals surface area contributed by atoms with Gasteiger partial charge >= 0.3 is 5.97 Å². The lowest BCUT2D eigenvalue weighted by atomic mass is 9.97. The number of carbonyl (C=O) groups is 1. The summed E-state index contributed by atoms with van der Waals surface area (Å²) >= 11 is 0. The molecule has 0 amide bonds. The van der Waals surface area contributed by atoms with Gasteiger partial charge in [0.1, 0.15) is 0 Å². The second kappa shape index (κ2) is 6.64. The number of hydrogen-bond acceptors (Lipinski definition) is 2. The summed E-state index contributed by atoms with van der Waals surface area (Å²) in [5.41, 5.74) is 2.83. The van der Waals surface area contributed by atoms with Crippen LogP contribution >= 0.6 is 0 Å². The van der Waals surface area contributed by atoms with Crippen molar-refractivity contribution < 1.29 is 18.7 Å². The number of rotatable bonds is 4. The molecule has 27 heavy (non-hydrogen) atoms. The molecule has 0 aliphatic heterocycles. The molecule has 0 aliphatic rings. The van der Waals surface area contributed by atoms with E-state index < -0.39 is 17.6 Å². The number of hydrogen-bond donors (Lipinski definition) is 1. The van der Waals surface area contributed by atoms with E-state index in [1.165, 1.54) is 6.07 Å². The van der Waals surface area contributed by atoms with Gasteiger partial charge in [0.2, 0.25) is 0 Å². The van der Waals surface area contributed by atoms with Crippen LogP contribution in [0.25, 0.3) is 22.0 Å². The van der Waals surface area contributed by atoms with Crippen LogP contribution in [0.4, 0.5) is 8.78 Å². The Hall–Kier alpha value is -3.54. The first-order valence-electron chi connectivity index (χ1n) is 8.26. The molecule has 0 saturated carbocycles. The zero-order valence-electron chi connectivity index (χ0n) is 14.1. The predicted molar refractivity (Wildman–Crippen MR) is 97.6 cm³/mol. The van der Waals surface area contributed by atoms with Crippen LogP contribution in [0.1, 0.15) is 15.9 Å². The minimum Gasteiger partial charge on any atom is -0.478 e. The summed E-state index contributed by atoms with van der Waals surface area (Å²) in [7, 11) is 0. The van der Waals surface area contributed by atoms with Crippen LogP contribution in [-0.2, 0) is 6.54 Å². The molecule has 0 bridgehead atoms. The Morgan fingerprint density at radius 3 is 2.52 bits per heavy atom. The molecule has 0 spiro atoms. The van der Waals surface area contributed by atoms with Crippen LogP contribution in [0.2, 0.25) is 0 Å². The number of nitrogens with zero attached hydrogens (tertiary/aromatic N) is 2. The fourth-order valence-electron chi connectivity index (χ4n) is 3.14. The van der Waals surface area contributed by atoms with Crippen LogP contribution in [0, 0.1) is 11.6 Å². The molecular weight excluding hydrogens is 350 g/mol. The van der Waals surface area contributed by atoms with Crippen molar-refractivity contribution in [3.8, 4) is 11.1 Å². The monoisotopic (exact) mass is 364 g/mol. The number of aromatic carboxylic acids is 1. The third-order valence-corrected chi connectivity index (χ3v) is 4.37. The summed E-state index contributed by atoms with van der Waals surface area (Å²) in [6.45, 7) is 0.270. The Morgan fingerprint density at radius 2 is 1.74 bits per heavy atom. The Labute approximate surface area is 153 Å². The van der Waals surface area contributed by atoms with Gasteiger partial charge in [-0.05, 0) is 41.0 Å². The molecule has 0 fully saturated rings.